The van der Waals surface area contributed by atoms with Crippen molar-refractivity contribution in [2.45, 2.75) is 33.6 Å². The van der Waals surface area contributed by atoms with Crippen molar-refractivity contribution in [3.63, 3.8) is 0 Å². The summed E-state index contributed by atoms with van der Waals surface area (Å²) in [6.45, 7) is 15.5. The molecule has 1 saturated heterocycles. The van der Waals surface area contributed by atoms with Gasteiger partial charge in [0, 0.05) is 44.7 Å². The van der Waals surface area contributed by atoms with Gasteiger partial charge in [-0.15, -0.1) is 0 Å². The largest absolute Gasteiger partial charge is 0.354 e. The van der Waals surface area contributed by atoms with Crippen LogP contribution >= 0.6 is 0 Å². The summed E-state index contributed by atoms with van der Waals surface area (Å²) >= 11 is 0. The maximum Gasteiger partial charge on any atom is 0.136 e. The molecule has 0 spiro atoms. The summed E-state index contributed by atoms with van der Waals surface area (Å²) in [5, 5.41) is 0. The quantitative estimate of drug-likeness (QED) is 0.600. The highest BCUT2D eigenvalue weighted by Crippen LogP contribution is 2.32. The molecule has 0 amide bonds. The zero-order valence-electron chi connectivity index (χ0n) is 18.7. The summed E-state index contributed by atoms with van der Waals surface area (Å²) in [5.74, 6) is 0.290. The van der Waals surface area contributed by atoms with Gasteiger partial charge in [0.15, 0.2) is 0 Å². The summed E-state index contributed by atoms with van der Waals surface area (Å²) < 4.78 is 27.9. The van der Waals surface area contributed by atoms with Gasteiger partial charge in [-0.25, -0.2) is 13.8 Å². The van der Waals surface area contributed by atoms with Crippen molar-refractivity contribution in [3.05, 3.63) is 76.9 Å². The number of aliphatic imine (C=N–C) groups is 1. The fraction of sp³-hybridized carbons (Fsp3) is 0.423. The lowest BCUT2D eigenvalue weighted by atomic mass is 9.83. The highest BCUT2D eigenvalue weighted by Gasteiger charge is 2.29. The van der Waals surface area contributed by atoms with Crippen LogP contribution in [0.1, 0.15) is 43.9 Å². The van der Waals surface area contributed by atoms with E-state index in [0.717, 1.165) is 67.4 Å². The molecule has 0 bridgehead atoms. The van der Waals surface area contributed by atoms with Crippen LogP contribution in [0.2, 0.25) is 0 Å². The number of nitrogens with zero attached hydrogens (tertiary/aromatic N) is 3. The number of benzene rings is 2. The lowest BCUT2D eigenvalue weighted by Gasteiger charge is -2.40. The Morgan fingerprint density at radius 2 is 1.65 bits per heavy atom. The molecule has 1 fully saturated rings. The molecule has 0 N–H and O–H groups in total. The Kier molecular flexibility index (Phi) is 5.98. The van der Waals surface area contributed by atoms with Crippen LogP contribution in [0, 0.1) is 17.0 Å². The Bertz CT molecular complexity index is 1020. The fourth-order valence-electron chi connectivity index (χ4n) is 4.62. The first-order valence-electron chi connectivity index (χ1n) is 11.1. The van der Waals surface area contributed by atoms with E-state index < -0.39 is 0 Å². The first-order valence-corrected chi connectivity index (χ1v) is 11.1. The zero-order valence-corrected chi connectivity index (χ0v) is 18.7. The van der Waals surface area contributed by atoms with Crippen LogP contribution in [0.3, 0.4) is 0 Å². The number of piperazine rings is 1. The molecule has 0 aromatic heterocycles. The van der Waals surface area contributed by atoms with Crippen LogP contribution in [-0.2, 0) is 6.42 Å². The van der Waals surface area contributed by atoms with Gasteiger partial charge < -0.3 is 4.90 Å². The molecule has 4 rings (SSSR count). The second-order valence-electron chi connectivity index (χ2n) is 9.29. The van der Waals surface area contributed by atoms with E-state index in [4.69, 9.17) is 4.99 Å². The fourth-order valence-corrected chi connectivity index (χ4v) is 4.62. The number of hydrogen-bond acceptors (Lipinski definition) is 3. The average molecular weight is 424 g/mol. The van der Waals surface area contributed by atoms with Crippen molar-refractivity contribution in [1.82, 2.24) is 9.80 Å². The summed E-state index contributed by atoms with van der Waals surface area (Å²) in [6.07, 6.45) is 1.47. The Balaban J connectivity index is 1.59. The summed E-state index contributed by atoms with van der Waals surface area (Å²) in [6, 6.07) is 9.53. The van der Waals surface area contributed by atoms with Gasteiger partial charge in [0.1, 0.15) is 17.5 Å². The van der Waals surface area contributed by atoms with Gasteiger partial charge >= 0.3 is 0 Å². The predicted octanol–water partition coefficient (Wildman–Crippen LogP) is 5.56. The molecular formula is C26H31F2N3. The summed E-state index contributed by atoms with van der Waals surface area (Å²) in [4.78, 5) is 9.71. The number of halogens is 2. The highest BCUT2D eigenvalue weighted by atomic mass is 19.1. The van der Waals surface area contributed by atoms with Gasteiger partial charge in [0.2, 0.25) is 0 Å². The van der Waals surface area contributed by atoms with Gasteiger partial charge in [-0.3, -0.25) is 4.90 Å². The summed E-state index contributed by atoms with van der Waals surface area (Å²) in [7, 11) is 0. The van der Waals surface area contributed by atoms with E-state index in [0.29, 0.717) is 6.42 Å². The molecule has 2 aromatic rings. The average Bonchev–Trinajstić information content (AvgIpc) is 2.89. The molecule has 0 atom stereocenters. The van der Waals surface area contributed by atoms with Crippen LogP contribution in [0.4, 0.5) is 14.5 Å². The van der Waals surface area contributed by atoms with E-state index in [2.05, 4.69) is 37.1 Å². The molecule has 0 unspecified atom stereocenters. The molecule has 164 valence electrons. The molecule has 31 heavy (non-hydrogen) atoms. The van der Waals surface area contributed by atoms with E-state index in [1.165, 1.54) is 23.8 Å². The number of fused-ring (bicyclic) bond motifs is 2. The van der Waals surface area contributed by atoms with Gasteiger partial charge in [-0.2, -0.15) is 0 Å². The minimum Gasteiger partial charge on any atom is -0.354 e. The second kappa shape index (κ2) is 8.54. The number of hydrogen-bond donors (Lipinski definition) is 0. The molecule has 0 saturated carbocycles. The third-order valence-electron chi connectivity index (χ3n) is 6.63. The standard InChI is InChI=1S/C26H31F2N3/c1-5-18(2)26(3,4)17-30-10-12-31(13-11-30)25-23-8-6-21(27)15-19(23)14-20-16-22(28)7-9-24(20)29-25/h6-9,15-16H,2,5,10-14,17H2,1,3-4H3. The van der Waals surface area contributed by atoms with Crippen molar-refractivity contribution in [2.24, 2.45) is 10.4 Å². The van der Waals surface area contributed by atoms with Gasteiger partial charge in [0.25, 0.3) is 0 Å². The monoisotopic (exact) mass is 423 g/mol. The smallest absolute Gasteiger partial charge is 0.136 e. The third kappa shape index (κ3) is 4.57. The Morgan fingerprint density at radius 1 is 1.00 bits per heavy atom. The molecule has 2 aromatic carbocycles. The van der Waals surface area contributed by atoms with Crippen molar-refractivity contribution >= 4 is 11.5 Å². The normalized spacial score (nSPS) is 16.9. The maximum absolute atomic E-state index is 14.0. The van der Waals surface area contributed by atoms with Crippen molar-refractivity contribution < 1.29 is 8.78 Å². The molecule has 5 heteroatoms. The SMILES string of the molecule is C=C(CC)C(C)(C)CN1CCN(C2=Nc3ccc(F)cc3Cc3cc(F)ccc32)CC1. The van der Waals surface area contributed by atoms with Crippen LogP contribution in [0.15, 0.2) is 53.5 Å². The van der Waals surface area contributed by atoms with Crippen LogP contribution < -0.4 is 0 Å². The van der Waals surface area contributed by atoms with E-state index in [9.17, 15) is 8.78 Å². The van der Waals surface area contributed by atoms with Crippen LogP contribution in [-0.4, -0.2) is 48.4 Å². The minimum atomic E-state index is -0.291. The van der Waals surface area contributed by atoms with Gasteiger partial charge in [-0.1, -0.05) is 32.9 Å². The molecule has 2 aliphatic heterocycles. The van der Waals surface area contributed by atoms with Crippen molar-refractivity contribution in [2.75, 3.05) is 32.7 Å². The maximum atomic E-state index is 14.0. The van der Waals surface area contributed by atoms with Crippen molar-refractivity contribution in [1.29, 1.82) is 0 Å². The zero-order chi connectivity index (χ0) is 22.2. The molecule has 0 aliphatic carbocycles. The van der Waals surface area contributed by atoms with E-state index in [-0.39, 0.29) is 17.0 Å². The first kappa shape index (κ1) is 21.7. The molecule has 2 heterocycles. The number of rotatable bonds is 4. The molecular weight excluding hydrogens is 392 g/mol. The Morgan fingerprint density at radius 3 is 2.32 bits per heavy atom. The lowest BCUT2D eigenvalue weighted by Crippen LogP contribution is -2.51. The number of amidine groups is 1. The highest BCUT2D eigenvalue weighted by molar-refractivity contribution is 6.02. The molecule has 0 radical (unpaired) electrons. The molecule has 2 aliphatic rings. The van der Waals surface area contributed by atoms with Gasteiger partial charge in [-0.05, 0) is 59.4 Å². The third-order valence-corrected chi connectivity index (χ3v) is 6.63. The Hall–Kier alpha value is -2.53. The van der Waals surface area contributed by atoms with Crippen LogP contribution in [0.5, 0.6) is 0 Å². The van der Waals surface area contributed by atoms with Crippen LogP contribution in [0.25, 0.3) is 0 Å². The minimum absolute atomic E-state index is 0.0872. The van der Waals surface area contributed by atoms with E-state index in [1.54, 1.807) is 12.1 Å². The van der Waals surface area contributed by atoms with E-state index in [1.807, 2.05) is 6.07 Å². The van der Waals surface area contributed by atoms with Gasteiger partial charge in [0.05, 0.1) is 5.69 Å². The topological polar surface area (TPSA) is 18.8 Å². The summed E-state index contributed by atoms with van der Waals surface area (Å²) in [5.41, 5.74) is 4.71. The van der Waals surface area contributed by atoms with E-state index >= 15 is 0 Å². The Labute approximate surface area is 184 Å². The predicted molar refractivity (Wildman–Crippen MR) is 123 cm³/mol. The lowest BCUT2D eigenvalue weighted by molar-refractivity contribution is 0.142. The first-order chi connectivity index (χ1) is 14.8. The molecule has 3 nitrogen and oxygen atoms in total. The second-order valence-corrected chi connectivity index (χ2v) is 9.29. The van der Waals surface area contributed by atoms with Crippen molar-refractivity contribution in [3.8, 4) is 0 Å².